The fraction of sp³-hybridized carbons (Fsp3) is 0.214. The zero-order valence-electron chi connectivity index (χ0n) is 10.5. The van der Waals surface area contributed by atoms with Crippen molar-refractivity contribution in [3.8, 4) is 5.75 Å². The Hall–Kier alpha value is -1.45. The van der Waals surface area contributed by atoms with Crippen molar-refractivity contribution in [2.45, 2.75) is 13.5 Å². The molecule has 0 saturated carbocycles. The van der Waals surface area contributed by atoms with Crippen molar-refractivity contribution in [2.75, 3.05) is 11.9 Å². The topological polar surface area (TPSA) is 34.1 Å². The molecule has 0 saturated heterocycles. The van der Waals surface area contributed by atoms with Gasteiger partial charge in [-0.1, -0.05) is 29.3 Å². The van der Waals surface area contributed by atoms with Gasteiger partial charge in [-0.05, 0) is 31.2 Å². The van der Waals surface area contributed by atoms with Crippen LogP contribution < -0.4 is 10.1 Å². The lowest BCUT2D eigenvalue weighted by atomic mass is 10.3. The zero-order valence-corrected chi connectivity index (χ0v) is 12.0. The first-order chi connectivity index (χ1) is 9.19. The molecule has 0 radical (unpaired) electrons. The number of nitrogens with one attached hydrogen (secondary N) is 1. The largest absolute Gasteiger partial charge is 0.486 e. The van der Waals surface area contributed by atoms with Crippen LogP contribution in [0.3, 0.4) is 0 Å². The molecule has 0 aliphatic rings. The normalized spacial score (nSPS) is 10.3. The maximum atomic E-state index is 6.03. The first-order valence-electron chi connectivity index (χ1n) is 5.96. The van der Waals surface area contributed by atoms with Crippen LogP contribution >= 0.6 is 23.2 Å². The van der Waals surface area contributed by atoms with Gasteiger partial charge in [-0.25, -0.2) is 4.98 Å². The van der Waals surface area contributed by atoms with Crippen molar-refractivity contribution in [1.82, 2.24) is 4.98 Å². The summed E-state index contributed by atoms with van der Waals surface area (Å²) < 4.78 is 5.63. The molecule has 1 heterocycles. The summed E-state index contributed by atoms with van der Waals surface area (Å²) in [6.45, 7) is 3.20. The van der Waals surface area contributed by atoms with Crippen LogP contribution in [0.4, 0.5) is 5.82 Å². The van der Waals surface area contributed by atoms with Crippen LogP contribution in [0.5, 0.6) is 5.75 Å². The minimum absolute atomic E-state index is 0.347. The lowest BCUT2D eigenvalue weighted by molar-refractivity contribution is 0.301. The monoisotopic (exact) mass is 296 g/mol. The molecule has 19 heavy (non-hydrogen) atoms. The van der Waals surface area contributed by atoms with Crippen LogP contribution in [0.2, 0.25) is 10.0 Å². The molecule has 0 amide bonds. The summed E-state index contributed by atoms with van der Waals surface area (Å²) in [5.41, 5.74) is 0.828. The second-order valence-electron chi connectivity index (χ2n) is 3.91. The van der Waals surface area contributed by atoms with Crippen molar-refractivity contribution in [2.24, 2.45) is 0 Å². The summed E-state index contributed by atoms with van der Waals surface area (Å²) in [5.74, 6) is 1.39. The molecule has 1 aromatic carbocycles. The number of hydrogen-bond donors (Lipinski definition) is 1. The summed E-state index contributed by atoms with van der Waals surface area (Å²) >= 11 is 11.9. The van der Waals surface area contributed by atoms with Gasteiger partial charge < -0.3 is 10.1 Å². The van der Waals surface area contributed by atoms with Gasteiger partial charge in [-0.2, -0.15) is 0 Å². The van der Waals surface area contributed by atoms with Crippen LogP contribution in [-0.4, -0.2) is 11.5 Å². The van der Waals surface area contributed by atoms with E-state index in [9.17, 15) is 0 Å². The molecule has 0 aliphatic heterocycles. The molecule has 0 atom stereocenters. The van der Waals surface area contributed by atoms with Gasteiger partial charge in [0, 0.05) is 17.6 Å². The molecule has 0 bridgehead atoms. The number of aromatic nitrogens is 1. The molecule has 1 N–H and O–H groups in total. The average molecular weight is 297 g/mol. The van der Waals surface area contributed by atoms with Crippen molar-refractivity contribution < 1.29 is 4.74 Å². The number of anilines is 1. The van der Waals surface area contributed by atoms with Crippen LogP contribution in [-0.2, 0) is 6.61 Å². The van der Waals surface area contributed by atoms with Gasteiger partial charge >= 0.3 is 0 Å². The van der Waals surface area contributed by atoms with E-state index in [1.807, 2.05) is 25.1 Å². The Kier molecular flexibility index (Phi) is 4.88. The first kappa shape index (κ1) is 14.0. The van der Waals surface area contributed by atoms with Crippen molar-refractivity contribution >= 4 is 29.0 Å². The number of hydrogen-bond acceptors (Lipinski definition) is 3. The van der Waals surface area contributed by atoms with E-state index >= 15 is 0 Å². The summed E-state index contributed by atoms with van der Waals surface area (Å²) in [6, 6.07) is 10.9. The highest BCUT2D eigenvalue weighted by Gasteiger charge is 2.04. The lowest BCUT2D eigenvalue weighted by Crippen LogP contribution is -2.03. The first-order valence-corrected chi connectivity index (χ1v) is 6.72. The minimum Gasteiger partial charge on any atom is -0.486 e. The second-order valence-corrected chi connectivity index (χ2v) is 4.75. The summed E-state index contributed by atoms with van der Waals surface area (Å²) in [4.78, 5) is 4.42. The standard InChI is InChI=1S/C14H14Cl2N2O/c1-2-17-14-5-3-4-11(18-14)9-19-13-8-10(15)6-7-12(13)16/h3-8H,2,9H2,1H3,(H,17,18). The van der Waals surface area contributed by atoms with E-state index < -0.39 is 0 Å². The van der Waals surface area contributed by atoms with E-state index in [2.05, 4.69) is 10.3 Å². The maximum Gasteiger partial charge on any atom is 0.139 e. The highest BCUT2D eigenvalue weighted by molar-refractivity contribution is 6.34. The van der Waals surface area contributed by atoms with E-state index in [-0.39, 0.29) is 0 Å². The third kappa shape index (κ3) is 4.01. The Balaban J connectivity index is 2.05. The smallest absolute Gasteiger partial charge is 0.139 e. The van der Waals surface area contributed by atoms with Gasteiger partial charge in [0.1, 0.15) is 18.2 Å². The van der Waals surface area contributed by atoms with Crippen molar-refractivity contribution in [3.63, 3.8) is 0 Å². The van der Waals surface area contributed by atoms with Gasteiger partial charge in [0.25, 0.3) is 0 Å². The number of ether oxygens (including phenoxy) is 1. The van der Waals surface area contributed by atoms with E-state index in [1.54, 1.807) is 18.2 Å². The predicted octanol–water partition coefficient (Wildman–Crippen LogP) is 4.40. The Labute approximate surface area is 122 Å². The van der Waals surface area contributed by atoms with E-state index in [1.165, 1.54) is 0 Å². The van der Waals surface area contributed by atoms with Crippen LogP contribution in [0.1, 0.15) is 12.6 Å². The van der Waals surface area contributed by atoms with Crippen LogP contribution in [0.25, 0.3) is 0 Å². The quantitative estimate of drug-likeness (QED) is 0.888. The molecule has 1 aromatic heterocycles. The number of halogens is 2. The number of nitrogens with zero attached hydrogens (tertiary/aromatic N) is 1. The molecule has 3 nitrogen and oxygen atoms in total. The van der Waals surface area contributed by atoms with E-state index in [4.69, 9.17) is 27.9 Å². The Morgan fingerprint density at radius 3 is 2.84 bits per heavy atom. The Morgan fingerprint density at radius 1 is 1.21 bits per heavy atom. The van der Waals surface area contributed by atoms with Crippen molar-refractivity contribution in [1.29, 1.82) is 0 Å². The molecule has 0 unspecified atom stereocenters. The molecule has 0 spiro atoms. The third-order valence-corrected chi connectivity index (χ3v) is 2.98. The van der Waals surface area contributed by atoms with Gasteiger partial charge in [0.15, 0.2) is 0 Å². The highest BCUT2D eigenvalue weighted by Crippen LogP contribution is 2.28. The van der Waals surface area contributed by atoms with Gasteiger partial charge in [0.05, 0.1) is 10.7 Å². The van der Waals surface area contributed by atoms with Gasteiger partial charge in [0.2, 0.25) is 0 Å². The number of rotatable bonds is 5. The second kappa shape index (κ2) is 6.64. The molecule has 2 aromatic rings. The molecule has 0 aliphatic carbocycles. The fourth-order valence-corrected chi connectivity index (χ4v) is 1.91. The minimum atomic E-state index is 0.347. The van der Waals surface area contributed by atoms with Gasteiger partial charge in [-0.15, -0.1) is 0 Å². The summed E-state index contributed by atoms with van der Waals surface area (Å²) in [5, 5.41) is 4.28. The maximum absolute atomic E-state index is 6.03. The molecule has 100 valence electrons. The lowest BCUT2D eigenvalue weighted by Gasteiger charge is -2.09. The number of pyridine rings is 1. The summed E-state index contributed by atoms with van der Waals surface area (Å²) in [6.07, 6.45) is 0. The predicted molar refractivity (Wildman–Crippen MR) is 79.2 cm³/mol. The van der Waals surface area contributed by atoms with E-state index in [0.717, 1.165) is 18.1 Å². The molecule has 0 fully saturated rings. The molecule has 5 heteroatoms. The fourth-order valence-electron chi connectivity index (χ4n) is 1.58. The molecular formula is C14H14Cl2N2O. The highest BCUT2D eigenvalue weighted by atomic mass is 35.5. The Bertz CT molecular complexity index is 561. The SMILES string of the molecule is CCNc1cccc(COc2cc(Cl)ccc2Cl)n1. The van der Waals surface area contributed by atoms with Crippen LogP contribution in [0.15, 0.2) is 36.4 Å². The van der Waals surface area contributed by atoms with Crippen LogP contribution in [0, 0.1) is 0 Å². The summed E-state index contributed by atoms with van der Waals surface area (Å²) in [7, 11) is 0. The van der Waals surface area contributed by atoms with Gasteiger partial charge in [-0.3, -0.25) is 0 Å². The Morgan fingerprint density at radius 2 is 2.05 bits per heavy atom. The molecular weight excluding hydrogens is 283 g/mol. The van der Waals surface area contributed by atoms with E-state index in [0.29, 0.717) is 22.4 Å². The third-order valence-electron chi connectivity index (χ3n) is 2.43. The number of benzene rings is 1. The average Bonchev–Trinajstić information content (AvgIpc) is 2.41. The zero-order chi connectivity index (χ0) is 13.7. The van der Waals surface area contributed by atoms with Crippen molar-refractivity contribution in [3.05, 3.63) is 52.1 Å². The molecule has 2 rings (SSSR count).